The number of nitrogens with zero attached hydrogens (tertiary/aromatic N) is 1. The van der Waals surface area contributed by atoms with Crippen molar-refractivity contribution in [2.24, 2.45) is 0 Å². The second-order valence-electron chi connectivity index (χ2n) is 5.00. The van der Waals surface area contributed by atoms with Gasteiger partial charge in [-0.05, 0) is 20.8 Å². The van der Waals surface area contributed by atoms with Gasteiger partial charge in [0.05, 0.1) is 18.3 Å². The van der Waals surface area contributed by atoms with E-state index in [9.17, 15) is 13.2 Å². The standard InChI is InChI=1S/C10H19NO6S/c1-7(9(13)14)18(15,16)11-4-8(5-12)17-10(2,3)6-11/h7-8,12H,4-6H2,1-3H3,(H,13,14). The molecule has 1 aliphatic rings. The quantitative estimate of drug-likeness (QED) is 0.703. The highest BCUT2D eigenvalue weighted by molar-refractivity contribution is 7.90. The van der Waals surface area contributed by atoms with Gasteiger partial charge < -0.3 is 14.9 Å². The first-order chi connectivity index (χ1) is 8.10. The van der Waals surface area contributed by atoms with Crippen molar-refractivity contribution in [2.45, 2.75) is 37.7 Å². The van der Waals surface area contributed by atoms with E-state index in [1.165, 1.54) is 0 Å². The third-order valence-electron chi connectivity index (χ3n) is 2.81. The second kappa shape index (κ2) is 5.12. The van der Waals surface area contributed by atoms with Crippen LogP contribution in [0.4, 0.5) is 0 Å². The molecule has 18 heavy (non-hydrogen) atoms. The minimum Gasteiger partial charge on any atom is -0.480 e. The van der Waals surface area contributed by atoms with Gasteiger partial charge in [0.25, 0.3) is 0 Å². The summed E-state index contributed by atoms with van der Waals surface area (Å²) in [7, 11) is -3.93. The van der Waals surface area contributed by atoms with Crippen LogP contribution in [0.5, 0.6) is 0 Å². The van der Waals surface area contributed by atoms with Crippen LogP contribution in [0.1, 0.15) is 20.8 Å². The van der Waals surface area contributed by atoms with E-state index in [-0.39, 0.29) is 19.7 Å². The van der Waals surface area contributed by atoms with Crippen LogP contribution in [0, 0.1) is 0 Å². The number of carbonyl (C=O) groups is 1. The van der Waals surface area contributed by atoms with E-state index in [4.69, 9.17) is 14.9 Å². The van der Waals surface area contributed by atoms with Crippen LogP contribution in [-0.4, -0.2) is 65.6 Å². The number of carboxylic acid groups (broad SMARTS) is 1. The van der Waals surface area contributed by atoms with E-state index >= 15 is 0 Å². The Hall–Kier alpha value is -0.700. The third-order valence-corrected chi connectivity index (χ3v) is 4.90. The number of sulfonamides is 1. The minimum atomic E-state index is -3.93. The molecule has 0 aromatic carbocycles. The maximum Gasteiger partial charge on any atom is 0.323 e. The van der Waals surface area contributed by atoms with Gasteiger partial charge in [-0.3, -0.25) is 4.79 Å². The van der Waals surface area contributed by atoms with E-state index in [1.807, 2.05) is 0 Å². The molecular weight excluding hydrogens is 262 g/mol. The fraction of sp³-hybridized carbons (Fsp3) is 0.900. The summed E-state index contributed by atoms with van der Waals surface area (Å²) in [4.78, 5) is 10.8. The van der Waals surface area contributed by atoms with Gasteiger partial charge in [0.1, 0.15) is 0 Å². The molecule has 1 aliphatic heterocycles. The third kappa shape index (κ3) is 3.19. The summed E-state index contributed by atoms with van der Waals surface area (Å²) in [5.74, 6) is -1.39. The molecule has 2 unspecified atom stereocenters. The highest BCUT2D eigenvalue weighted by Gasteiger charge is 2.42. The average Bonchev–Trinajstić information content (AvgIpc) is 2.25. The number of aliphatic hydroxyl groups excluding tert-OH is 1. The Morgan fingerprint density at radius 1 is 1.56 bits per heavy atom. The molecule has 1 heterocycles. The molecule has 1 rings (SSSR count). The molecule has 0 amide bonds. The summed E-state index contributed by atoms with van der Waals surface area (Å²) >= 11 is 0. The first kappa shape index (κ1) is 15.4. The van der Waals surface area contributed by atoms with Crippen molar-refractivity contribution in [1.29, 1.82) is 0 Å². The molecule has 1 fully saturated rings. The summed E-state index contributed by atoms with van der Waals surface area (Å²) in [5, 5.41) is 16.4. The molecule has 1 saturated heterocycles. The van der Waals surface area contributed by atoms with Gasteiger partial charge in [0.15, 0.2) is 5.25 Å². The summed E-state index contributed by atoms with van der Waals surface area (Å²) < 4.78 is 30.7. The van der Waals surface area contributed by atoms with E-state index < -0.39 is 32.9 Å². The molecule has 0 radical (unpaired) electrons. The van der Waals surface area contributed by atoms with Crippen molar-refractivity contribution >= 4 is 16.0 Å². The Morgan fingerprint density at radius 2 is 2.11 bits per heavy atom. The van der Waals surface area contributed by atoms with Crippen LogP contribution in [-0.2, 0) is 19.6 Å². The Balaban J connectivity index is 2.98. The van der Waals surface area contributed by atoms with Crippen LogP contribution >= 0.6 is 0 Å². The largest absolute Gasteiger partial charge is 0.480 e. The van der Waals surface area contributed by atoms with Gasteiger partial charge in [-0.1, -0.05) is 0 Å². The molecule has 8 heteroatoms. The van der Waals surface area contributed by atoms with Crippen molar-refractivity contribution in [3.05, 3.63) is 0 Å². The van der Waals surface area contributed by atoms with Crippen molar-refractivity contribution in [3.8, 4) is 0 Å². The highest BCUT2D eigenvalue weighted by Crippen LogP contribution is 2.24. The predicted molar refractivity (Wildman–Crippen MR) is 63.6 cm³/mol. The zero-order valence-electron chi connectivity index (χ0n) is 10.7. The van der Waals surface area contributed by atoms with Crippen molar-refractivity contribution in [1.82, 2.24) is 4.31 Å². The summed E-state index contributed by atoms with van der Waals surface area (Å²) in [6.45, 7) is 4.26. The summed E-state index contributed by atoms with van der Waals surface area (Å²) in [5.41, 5.74) is -0.753. The first-order valence-electron chi connectivity index (χ1n) is 5.60. The van der Waals surface area contributed by atoms with Crippen molar-refractivity contribution in [2.75, 3.05) is 19.7 Å². The molecule has 0 saturated carbocycles. The number of rotatable bonds is 4. The Bertz CT molecular complexity index is 418. The predicted octanol–water partition coefficient (Wildman–Crippen LogP) is -0.739. The van der Waals surface area contributed by atoms with Gasteiger partial charge in [0, 0.05) is 13.1 Å². The molecule has 2 atom stereocenters. The van der Waals surface area contributed by atoms with Crippen LogP contribution in [0.2, 0.25) is 0 Å². The molecule has 2 N–H and O–H groups in total. The zero-order chi connectivity index (χ0) is 14.1. The molecular formula is C10H19NO6S. The van der Waals surface area contributed by atoms with Crippen LogP contribution in [0.15, 0.2) is 0 Å². The highest BCUT2D eigenvalue weighted by atomic mass is 32.2. The number of ether oxygens (including phenoxy) is 1. The van der Waals surface area contributed by atoms with Gasteiger partial charge in [0.2, 0.25) is 10.0 Å². The number of aliphatic carboxylic acids is 1. The number of aliphatic hydroxyl groups is 1. The van der Waals surface area contributed by atoms with E-state index in [1.54, 1.807) is 13.8 Å². The molecule has 0 spiro atoms. The van der Waals surface area contributed by atoms with E-state index in [0.717, 1.165) is 11.2 Å². The normalized spacial score (nSPS) is 26.8. The Labute approximate surface area is 106 Å². The Morgan fingerprint density at radius 3 is 2.56 bits per heavy atom. The molecule has 106 valence electrons. The SMILES string of the molecule is CC(C(=O)O)S(=O)(=O)N1CC(CO)OC(C)(C)C1. The monoisotopic (exact) mass is 281 g/mol. The number of hydrogen-bond acceptors (Lipinski definition) is 5. The van der Waals surface area contributed by atoms with Crippen LogP contribution in [0.3, 0.4) is 0 Å². The van der Waals surface area contributed by atoms with Crippen molar-refractivity contribution < 1.29 is 28.2 Å². The van der Waals surface area contributed by atoms with Crippen molar-refractivity contribution in [3.63, 3.8) is 0 Å². The molecule has 0 bridgehead atoms. The lowest BCUT2D eigenvalue weighted by molar-refractivity contribution is -0.137. The molecule has 7 nitrogen and oxygen atoms in total. The van der Waals surface area contributed by atoms with Gasteiger partial charge in [-0.15, -0.1) is 0 Å². The minimum absolute atomic E-state index is 0.0279. The number of carboxylic acids is 1. The summed E-state index contributed by atoms with van der Waals surface area (Å²) in [6, 6.07) is 0. The molecule has 0 aromatic heterocycles. The van der Waals surface area contributed by atoms with Gasteiger partial charge in [-0.2, -0.15) is 4.31 Å². The lowest BCUT2D eigenvalue weighted by Crippen LogP contribution is -2.57. The summed E-state index contributed by atoms with van der Waals surface area (Å²) in [6.07, 6.45) is -0.635. The second-order valence-corrected chi connectivity index (χ2v) is 7.25. The molecule has 0 aromatic rings. The maximum absolute atomic E-state index is 12.1. The van der Waals surface area contributed by atoms with Gasteiger partial charge >= 0.3 is 5.97 Å². The van der Waals surface area contributed by atoms with Crippen LogP contribution in [0.25, 0.3) is 0 Å². The van der Waals surface area contributed by atoms with Crippen LogP contribution < -0.4 is 0 Å². The maximum atomic E-state index is 12.1. The fourth-order valence-electron chi connectivity index (χ4n) is 1.88. The number of morpholine rings is 1. The lowest BCUT2D eigenvalue weighted by atomic mass is 10.1. The topological polar surface area (TPSA) is 104 Å². The van der Waals surface area contributed by atoms with E-state index in [2.05, 4.69) is 0 Å². The smallest absolute Gasteiger partial charge is 0.323 e. The van der Waals surface area contributed by atoms with E-state index in [0.29, 0.717) is 0 Å². The first-order valence-corrected chi connectivity index (χ1v) is 7.11. The average molecular weight is 281 g/mol. The Kier molecular flexibility index (Phi) is 4.37. The van der Waals surface area contributed by atoms with Gasteiger partial charge in [-0.25, -0.2) is 8.42 Å². The fourth-order valence-corrected chi connectivity index (χ4v) is 3.45. The lowest BCUT2D eigenvalue weighted by Gasteiger charge is -2.41. The zero-order valence-corrected chi connectivity index (χ0v) is 11.5. The molecule has 0 aliphatic carbocycles. The number of hydrogen-bond donors (Lipinski definition) is 2.